The van der Waals surface area contributed by atoms with E-state index in [2.05, 4.69) is 5.32 Å². The van der Waals surface area contributed by atoms with Crippen molar-refractivity contribution in [2.24, 2.45) is 0 Å². The van der Waals surface area contributed by atoms with Crippen molar-refractivity contribution >= 4 is 6.09 Å². The third-order valence-electron chi connectivity index (χ3n) is 3.10. The van der Waals surface area contributed by atoms with Gasteiger partial charge in [0.15, 0.2) is 0 Å². The molecule has 0 bridgehead atoms. The van der Waals surface area contributed by atoms with E-state index >= 15 is 0 Å². The first-order chi connectivity index (χ1) is 9.81. The number of ether oxygens (including phenoxy) is 1. The van der Waals surface area contributed by atoms with Crippen LogP contribution >= 0.6 is 0 Å². The predicted octanol–water partition coefficient (Wildman–Crippen LogP) is 4.91. The molecule has 0 saturated heterocycles. The SMILES string of the molecule is Cc1cc([C@@H](C)NC(=O)OC(C)(C)C)c(C)c(C(F)(F)F)c1. The fourth-order valence-electron chi connectivity index (χ4n) is 2.19. The van der Waals surface area contributed by atoms with Gasteiger partial charge in [0.1, 0.15) is 5.60 Å². The first-order valence-electron chi connectivity index (χ1n) is 6.99. The lowest BCUT2D eigenvalue weighted by Gasteiger charge is -2.24. The summed E-state index contributed by atoms with van der Waals surface area (Å²) in [7, 11) is 0. The Morgan fingerprint density at radius 1 is 1.18 bits per heavy atom. The van der Waals surface area contributed by atoms with Crippen molar-refractivity contribution in [3.05, 3.63) is 34.4 Å². The molecule has 6 heteroatoms. The highest BCUT2D eigenvalue weighted by molar-refractivity contribution is 5.68. The number of aryl methyl sites for hydroxylation is 1. The first-order valence-corrected chi connectivity index (χ1v) is 6.99. The predicted molar refractivity (Wildman–Crippen MR) is 78.7 cm³/mol. The molecule has 0 aliphatic heterocycles. The van der Waals surface area contributed by atoms with Crippen molar-refractivity contribution in [3.63, 3.8) is 0 Å². The summed E-state index contributed by atoms with van der Waals surface area (Å²) in [5, 5.41) is 2.57. The zero-order valence-corrected chi connectivity index (χ0v) is 13.7. The number of alkyl carbamates (subject to hydrolysis) is 1. The number of carbonyl (C=O) groups excluding carboxylic acids is 1. The van der Waals surface area contributed by atoms with Gasteiger partial charge in [-0.2, -0.15) is 13.2 Å². The molecule has 0 fully saturated rings. The van der Waals surface area contributed by atoms with Crippen LogP contribution in [0.2, 0.25) is 0 Å². The molecule has 3 nitrogen and oxygen atoms in total. The number of carbonyl (C=O) groups is 1. The molecule has 0 unspecified atom stereocenters. The summed E-state index contributed by atoms with van der Waals surface area (Å²) < 4.78 is 44.3. The van der Waals surface area contributed by atoms with Gasteiger partial charge >= 0.3 is 12.3 Å². The molecule has 0 saturated carbocycles. The molecule has 1 N–H and O–H groups in total. The van der Waals surface area contributed by atoms with Gasteiger partial charge in [-0.25, -0.2) is 4.79 Å². The standard InChI is InChI=1S/C16H22F3NO2/c1-9-7-12(10(2)13(8-9)16(17,18)19)11(3)20-14(21)22-15(4,5)6/h7-8,11H,1-6H3,(H,20,21)/t11-/m1/s1. The molecule has 1 rings (SSSR count). The van der Waals surface area contributed by atoms with E-state index in [-0.39, 0.29) is 5.56 Å². The lowest BCUT2D eigenvalue weighted by atomic mass is 9.94. The highest BCUT2D eigenvalue weighted by atomic mass is 19.4. The normalized spacial score (nSPS) is 13.7. The highest BCUT2D eigenvalue weighted by Crippen LogP contribution is 2.35. The van der Waals surface area contributed by atoms with Crippen molar-refractivity contribution in [2.75, 3.05) is 0 Å². The number of hydrogen-bond donors (Lipinski definition) is 1. The monoisotopic (exact) mass is 317 g/mol. The maximum atomic E-state index is 13.0. The van der Waals surface area contributed by atoms with E-state index in [1.807, 2.05) is 0 Å². The minimum Gasteiger partial charge on any atom is -0.444 e. The van der Waals surface area contributed by atoms with Gasteiger partial charge in [0.2, 0.25) is 0 Å². The Kier molecular flexibility index (Phi) is 5.15. The largest absolute Gasteiger partial charge is 0.444 e. The van der Waals surface area contributed by atoms with Crippen molar-refractivity contribution < 1.29 is 22.7 Å². The Balaban J connectivity index is 3.06. The number of amides is 1. The maximum Gasteiger partial charge on any atom is 0.416 e. The molecule has 0 aromatic heterocycles. The Bertz CT molecular complexity index is 560. The third kappa shape index (κ3) is 4.93. The Morgan fingerprint density at radius 3 is 2.18 bits per heavy atom. The Labute approximate surface area is 128 Å². The second kappa shape index (κ2) is 6.18. The number of alkyl halides is 3. The van der Waals surface area contributed by atoms with E-state index in [0.717, 1.165) is 6.07 Å². The van der Waals surface area contributed by atoms with Crippen LogP contribution in [0.5, 0.6) is 0 Å². The van der Waals surface area contributed by atoms with Crippen LogP contribution in [0.4, 0.5) is 18.0 Å². The van der Waals surface area contributed by atoms with E-state index in [1.54, 1.807) is 40.7 Å². The second-order valence-electron chi connectivity index (χ2n) is 6.39. The second-order valence-corrected chi connectivity index (χ2v) is 6.39. The quantitative estimate of drug-likeness (QED) is 0.842. The summed E-state index contributed by atoms with van der Waals surface area (Å²) in [6, 6.07) is 2.17. The molecule has 1 aromatic rings. The fourth-order valence-corrected chi connectivity index (χ4v) is 2.19. The van der Waals surface area contributed by atoms with Gasteiger partial charge in [-0.3, -0.25) is 0 Å². The molecule has 0 aliphatic carbocycles. The van der Waals surface area contributed by atoms with Crippen LogP contribution in [-0.2, 0) is 10.9 Å². The minimum atomic E-state index is -4.42. The molecule has 0 heterocycles. The van der Waals surface area contributed by atoms with Gasteiger partial charge in [0.25, 0.3) is 0 Å². The number of nitrogens with one attached hydrogen (secondary N) is 1. The average molecular weight is 317 g/mol. The van der Waals surface area contributed by atoms with E-state index in [4.69, 9.17) is 4.74 Å². The fraction of sp³-hybridized carbons (Fsp3) is 0.562. The molecule has 1 atom stereocenters. The topological polar surface area (TPSA) is 38.3 Å². The molecule has 0 aliphatic rings. The van der Waals surface area contributed by atoms with Crippen LogP contribution in [0.1, 0.15) is 56.0 Å². The van der Waals surface area contributed by atoms with Crippen LogP contribution in [0, 0.1) is 13.8 Å². The zero-order valence-electron chi connectivity index (χ0n) is 13.7. The van der Waals surface area contributed by atoms with Crippen LogP contribution in [-0.4, -0.2) is 11.7 Å². The van der Waals surface area contributed by atoms with Crippen LogP contribution in [0.15, 0.2) is 12.1 Å². The number of benzene rings is 1. The van der Waals surface area contributed by atoms with Crippen LogP contribution < -0.4 is 5.32 Å². The lowest BCUT2D eigenvalue weighted by molar-refractivity contribution is -0.138. The summed E-state index contributed by atoms with van der Waals surface area (Å²) in [6.45, 7) is 9.79. The lowest BCUT2D eigenvalue weighted by Crippen LogP contribution is -2.34. The van der Waals surface area contributed by atoms with Gasteiger partial charge < -0.3 is 10.1 Å². The van der Waals surface area contributed by atoms with Crippen molar-refractivity contribution in [1.82, 2.24) is 5.32 Å². The average Bonchev–Trinajstić information content (AvgIpc) is 2.27. The zero-order chi connectivity index (χ0) is 17.3. The van der Waals surface area contributed by atoms with E-state index in [9.17, 15) is 18.0 Å². The Morgan fingerprint density at radius 2 is 1.73 bits per heavy atom. The van der Waals surface area contributed by atoms with Gasteiger partial charge in [-0.05, 0) is 58.7 Å². The minimum absolute atomic E-state index is 0.113. The van der Waals surface area contributed by atoms with Crippen LogP contribution in [0.25, 0.3) is 0 Å². The van der Waals surface area contributed by atoms with Gasteiger partial charge in [0, 0.05) is 0 Å². The molecule has 1 aromatic carbocycles. The maximum absolute atomic E-state index is 13.0. The molecule has 0 radical (unpaired) electrons. The smallest absolute Gasteiger partial charge is 0.416 e. The van der Waals surface area contributed by atoms with Gasteiger partial charge in [-0.1, -0.05) is 11.6 Å². The number of hydrogen-bond acceptors (Lipinski definition) is 2. The molecular weight excluding hydrogens is 295 g/mol. The molecule has 0 spiro atoms. The molecule has 124 valence electrons. The summed E-state index contributed by atoms with van der Waals surface area (Å²) in [5.41, 5.74) is -0.311. The van der Waals surface area contributed by atoms with Crippen molar-refractivity contribution in [1.29, 1.82) is 0 Å². The van der Waals surface area contributed by atoms with E-state index in [0.29, 0.717) is 11.1 Å². The summed E-state index contributed by atoms with van der Waals surface area (Å²) in [6.07, 6.45) is -5.08. The Hall–Kier alpha value is -1.72. The van der Waals surface area contributed by atoms with Gasteiger partial charge in [-0.15, -0.1) is 0 Å². The molecule has 1 amide bonds. The van der Waals surface area contributed by atoms with Crippen molar-refractivity contribution in [3.8, 4) is 0 Å². The van der Waals surface area contributed by atoms with E-state index < -0.39 is 29.5 Å². The van der Waals surface area contributed by atoms with Gasteiger partial charge in [0.05, 0.1) is 11.6 Å². The summed E-state index contributed by atoms with van der Waals surface area (Å²) in [4.78, 5) is 11.8. The summed E-state index contributed by atoms with van der Waals surface area (Å²) in [5.74, 6) is 0. The first kappa shape index (κ1) is 18.3. The third-order valence-corrected chi connectivity index (χ3v) is 3.10. The van der Waals surface area contributed by atoms with Crippen molar-refractivity contribution in [2.45, 2.75) is 59.4 Å². The molecule has 22 heavy (non-hydrogen) atoms. The van der Waals surface area contributed by atoms with E-state index in [1.165, 1.54) is 6.92 Å². The number of halogens is 3. The summed E-state index contributed by atoms with van der Waals surface area (Å²) >= 11 is 0. The molecular formula is C16H22F3NO2. The van der Waals surface area contributed by atoms with Crippen LogP contribution in [0.3, 0.4) is 0 Å². The highest BCUT2D eigenvalue weighted by Gasteiger charge is 2.34. The number of rotatable bonds is 2.